The number of aromatic amines is 1. The number of hydrogen-bond acceptors (Lipinski definition) is 6. The third kappa shape index (κ3) is 4.58. The highest BCUT2D eigenvalue weighted by Gasteiger charge is 2.26. The van der Waals surface area contributed by atoms with E-state index >= 15 is 0 Å². The van der Waals surface area contributed by atoms with Gasteiger partial charge in [-0.1, -0.05) is 31.0 Å². The lowest BCUT2D eigenvalue weighted by Crippen LogP contribution is -2.32. The van der Waals surface area contributed by atoms with Crippen molar-refractivity contribution in [2.24, 2.45) is 0 Å². The normalized spacial score (nSPS) is 15.4. The third-order valence-electron chi connectivity index (χ3n) is 5.60. The first kappa shape index (κ1) is 22.2. The van der Waals surface area contributed by atoms with Crippen LogP contribution in [-0.2, 0) is 21.4 Å². The van der Waals surface area contributed by atoms with Gasteiger partial charge in [0, 0.05) is 13.1 Å². The molecule has 0 spiro atoms. The standard InChI is InChI=1S/C23H25N3O5S/c1-16-8-6-11-19-21(16)24-20(25-22(19)27)15-31-23(28)17-9-7-10-18(14-17)32(29,30)26-12-4-2-3-5-13-26/h6-11,14H,2-5,12-13,15H2,1H3,(H,24,25,27). The molecule has 2 aromatic carbocycles. The summed E-state index contributed by atoms with van der Waals surface area (Å²) in [4.78, 5) is 32.0. The summed E-state index contributed by atoms with van der Waals surface area (Å²) < 4.78 is 32.8. The number of nitrogens with one attached hydrogen (secondary N) is 1. The Labute approximate surface area is 186 Å². The van der Waals surface area contributed by atoms with E-state index in [4.69, 9.17) is 4.74 Å². The third-order valence-corrected chi connectivity index (χ3v) is 7.49. The fraction of sp³-hybridized carbons (Fsp3) is 0.348. The van der Waals surface area contributed by atoms with Crippen molar-refractivity contribution in [3.8, 4) is 0 Å². The molecule has 1 aliphatic rings. The van der Waals surface area contributed by atoms with Crippen molar-refractivity contribution >= 4 is 26.9 Å². The Morgan fingerprint density at radius 2 is 1.81 bits per heavy atom. The number of fused-ring (bicyclic) bond motifs is 1. The maximum absolute atomic E-state index is 13.0. The maximum atomic E-state index is 13.0. The van der Waals surface area contributed by atoms with Crippen molar-refractivity contribution in [3.63, 3.8) is 0 Å². The largest absolute Gasteiger partial charge is 0.454 e. The summed E-state index contributed by atoms with van der Waals surface area (Å²) in [6.45, 7) is 2.58. The first-order valence-corrected chi connectivity index (χ1v) is 12.1. The lowest BCUT2D eigenvalue weighted by atomic mass is 10.1. The van der Waals surface area contributed by atoms with Gasteiger partial charge in [0.2, 0.25) is 10.0 Å². The number of sulfonamides is 1. The molecule has 0 saturated carbocycles. The lowest BCUT2D eigenvalue weighted by molar-refractivity contribution is 0.0462. The molecule has 0 atom stereocenters. The predicted octanol–water partition coefficient (Wildman–Crippen LogP) is 3.15. The molecule has 0 unspecified atom stereocenters. The van der Waals surface area contributed by atoms with Crippen LogP contribution in [0.4, 0.5) is 0 Å². The molecule has 1 aliphatic heterocycles. The Kier molecular flexibility index (Phi) is 6.38. The van der Waals surface area contributed by atoms with Crippen LogP contribution in [0, 0.1) is 6.92 Å². The van der Waals surface area contributed by atoms with Gasteiger partial charge in [-0.25, -0.2) is 18.2 Å². The highest BCUT2D eigenvalue weighted by atomic mass is 32.2. The van der Waals surface area contributed by atoms with E-state index in [0.29, 0.717) is 24.0 Å². The van der Waals surface area contributed by atoms with Crippen molar-refractivity contribution in [3.05, 3.63) is 69.8 Å². The average molecular weight is 456 g/mol. The van der Waals surface area contributed by atoms with Gasteiger partial charge in [-0.3, -0.25) is 4.79 Å². The number of ether oxygens (including phenoxy) is 1. The van der Waals surface area contributed by atoms with Gasteiger partial charge in [0.15, 0.2) is 0 Å². The lowest BCUT2D eigenvalue weighted by Gasteiger charge is -2.20. The number of carbonyl (C=O) groups excluding carboxylic acids is 1. The van der Waals surface area contributed by atoms with Crippen LogP contribution in [0.2, 0.25) is 0 Å². The molecule has 3 aromatic rings. The summed E-state index contributed by atoms with van der Waals surface area (Å²) in [7, 11) is -3.68. The number of hydrogen-bond donors (Lipinski definition) is 1. The minimum absolute atomic E-state index is 0.0710. The van der Waals surface area contributed by atoms with Crippen LogP contribution >= 0.6 is 0 Å². The van der Waals surface area contributed by atoms with E-state index < -0.39 is 16.0 Å². The summed E-state index contributed by atoms with van der Waals surface area (Å²) in [5, 5.41) is 0.464. The number of esters is 1. The second-order valence-corrected chi connectivity index (χ2v) is 9.84. The molecule has 168 valence electrons. The van der Waals surface area contributed by atoms with Gasteiger partial charge in [0.05, 0.1) is 21.4 Å². The van der Waals surface area contributed by atoms with Gasteiger partial charge < -0.3 is 9.72 Å². The Morgan fingerprint density at radius 1 is 1.09 bits per heavy atom. The van der Waals surface area contributed by atoms with Gasteiger partial charge in [0.1, 0.15) is 12.4 Å². The number of rotatable bonds is 5. The van der Waals surface area contributed by atoms with Crippen LogP contribution in [0.25, 0.3) is 10.9 Å². The summed E-state index contributed by atoms with van der Waals surface area (Å²) in [6, 6.07) is 11.2. The number of para-hydroxylation sites is 1. The summed E-state index contributed by atoms with van der Waals surface area (Å²) in [5.41, 5.74) is 1.20. The Morgan fingerprint density at radius 3 is 2.56 bits per heavy atom. The number of nitrogens with zero attached hydrogens (tertiary/aromatic N) is 2. The molecule has 0 radical (unpaired) electrons. The topological polar surface area (TPSA) is 109 Å². The van der Waals surface area contributed by atoms with Gasteiger partial charge in [0.25, 0.3) is 5.56 Å². The van der Waals surface area contributed by atoms with Crippen LogP contribution < -0.4 is 5.56 Å². The fourth-order valence-electron chi connectivity index (χ4n) is 3.85. The van der Waals surface area contributed by atoms with Crippen LogP contribution in [0.15, 0.2) is 52.2 Å². The zero-order valence-electron chi connectivity index (χ0n) is 17.8. The Balaban J connectivity index is 1.52. The van der Waals surface area contributed by atoms with Gasteiger partial charge >= 0.3 is 5.97 Å². The number of benzene rings is 2. The first-order chi connectivity index (χ1) is 15.4. The second-order valence-electron chi connectivity index (χ2n) is 7.91. The highest BCUT2D eigenvalue weighted by Crippen LogP contribution is 2.21. The van der Waals surface area contributed by atoms with E-state index in [1.807, 2.05) is 13.0 Å². The Bertz CT molecular complexity index is 1310. The van der Waals surface area contributed by atoms with Gasteiger partial charge in [-0.2, -0.15) is 4.31 Å². The van der Waals surface area contributed by atoms with E-state index in [9.17, 15) is 18.0 Å². The van der Waals surface area contributed by atoms with Crippen molar-refractivity contribution < 1.29 is 17.9 Å². The zero-order chi connectivity index (χ0) is 22.7. The molecule has 1 fully saturated rings. The minimum atomic E-state index is -3.68. The highest BCUT2D eigenvalue weighted by molar-refractivity contribution is 7.89. The fourth-order valence-corrected chi connectivity index (χ4v) is 5.42. The van der Waals surface area contributed by atoms with Crippen molar-refractivity contribution in [1.29, 1.82) is 0 Å². The second kappa shape index (κ2) is 9.22. The molecule has 1 saturated heterocycles. The van der Waals surface area contributed by atoms with E-state index in [1.54, 1.807) is 12.1 Å². The predicted molar refractivity (Wildman–Crippen MR) is 120 cm³/mol. The van der Waals surface area contributed by atoms with E-state index in [2.05, 4.69) is 9.97 Å². The monoisotopic (exact) mass is 455 g/mol. The minimum Gasteiger partial charge on any atom is -0.454 e. The van der Waals surface area contributed by atoms with Crippen LogP contribution in [-0.4, -0.2) is 41.7 Å². The number of H-pyrrole nitrogens is 1. The first-order valence-electron chi connectivity index (χ1n) is 10.6. The zero-order valence-corrected chi connectivity index (χ0v) is 18.7. The molecular weight excluding hydrogens is 430 g/mol. The number of aromatic nitrogens is 2. The molecule has 9 heteroatoms. The summed E-state index contributed by atoms with van der Waals surface area (Å²) in [5.74, 6) is -0.469. The number of carbonyl (C=O) groups is 1. The van der Waals surface area contributed by atoms with Crippen LogP contribution in [0.5, 0.6) is 0 Å². The molecule has 32 heavy (non-hydrogen) atoms. The number of aryl methyl sites for hydroxylation is 1. The van der Waals surface area contributed by atoms with Crippen LogP contribution in [0.3, 0.4) is 0 Å². The molecule has 2 heterocycles. The molecule has 8 nitrogen and oxygen atoms in total. The average Bonchev–Trinajstić information content (AvgIpc) is 3.09. The van der Waals surface area contributed by atoms with E-state index in [0.717, 1.165) is 31.2 Å². The van der Waals surface area contributed by atoms with Gasteiger partial charge in [-0.05, 0) is 49.6 Å². The molecule has 0 amide bonds. The van der Waals surface area contributed by atoms with Crippen LogP contribution in [0.1, 0.15) is 47.4 Å². The molecule has 1 aromatic heterocycles. The van der Waals surface area contributed by atoms with E-state index in [-0.39, 0.29) is 28.4 Å². The van der Waals surface area contributed by atoms with E-state index in [1.165, 1.54) is 28.6 Å². The molecule has 4 rings (SSSR count). The van der Waals surface area contributed by atoms with Crippen molar-refractivity contribution in [2.75, 3.05) is 13.1 Å². The quantitative estimate of drug-likeness (QED) is 0.592. The Hall–Kier alpha value is -3.04. The molecular formula is C23H25N3O5S. The maximum Gasteiger partial charge on any atom is 0.338 e. The van der Waals surface area contributed by atoms with Gasteiger partial charge in [-0.15, -0.1) is 0 Å². The summed E-state index contributed by atoms with van der Waals surface area (Å²) >= 11 is 0. The van der Waals surface area contributed by atoms with Crippen molar-refractivity contribution in [2.45, 2.75) is 44.1 Å². The summed E-state index contributed by atoms with van der Waals surface area (Å²) in [6.07, 6.45) is 3.69. The molecule has 1 N–H and O–H groups in total. The SMILES string of the molecule is Cc1cccc2c(=O)[nH]c(COC(=O)c3cccc(S(=O)(=O)N4CCCCCC4)c3)nc12. The van der Waals surface area contributed by atoms with Crippen molar-refractivity contribution in [1.82, 2.24) is 14.3 Å². The molecule has 0 aliphatic carbocycles. The molecule has 0 bridgehead atoms. The smallest absolute Gasteiger partial charge is 0.338 e.